The molecule has 0 aliphatic heterocycles. The molecule has 1 aliphatic carbocycles. The zero-order valence-corrected chi connectivity index (χ0v) is 9.26. The topological polar surface area (TPSA) is 45.1 Å². The first-order valence-electron chi connectivity index (χ1n) is 5.24. The summed E-state index contributed by atoms with van der Waals surface area (Å²) < 4.78 is 4.93. The molecule has 0 bridgehead atoms. The van der Waals surface area contributed by atoms with Crippen molar-refractivity contribution in [2.75, 3.05) is 7.11 Å². The van der Waals surface area contributed by atoms with Crippen molar-refractivity contribution >= 4 is 5.90 Å². The van der Waals surface area contributed by atoms with E-state index in [-0.39, 0.29) is 5.90 Å². The monoisotopic (exact) mass is 196 g/mol. The summed E-state index contributed by atoms with van der Waals surface area (Å²) in [5.74, 6) is 0.599. The van der Waals surface area contributed by atoms with Gasteiger partial charge in [-0.1, -0.05) is 13.8 Å². The first kappa shape index (κ1) is 11.1. The quantitative estimate of drug-likeness (QED) is 0.535. The van der Waals surface area contributed by atoms with Crippen molar-refractivity contribution in [3.8, 4) is 0 Å². The average Bonchev–Trinajstić information content (AvgIpc) is 2.07. The van der Waals surface area contributed by atoms with Crippen LogP contribution < -0.4 is 5.32 Å². The molecule has 0 spiro atoms. The second kappa shape index (κ2) is 5.03. The molecule has 0 unspecified atom stereocenters. The molecular weight excluding hydrogens is 176 g/mol. The maximum atomic E-state index is 7.61. The van der Waals surface area contributed by atoms with E-state index in [4.69, 9.17) is 10.1 Å². The molecule has 14 heavy (non-hydrogen) atoms. The Bertz CT molecular complexity index is 229. The second-order valence-corrected chi connectivity index (χ2v) is 4.08. The fraction of sp³-hybridized carbons (Fsp3) is 0.727. The highest BCUT2D eigenvalue weighted by Crippen LogP contribution is 2.19. The average molecular weight is 196 g/mol. The van der Waals surface area contributed by atoms with E-state index in [9.17, 15) is 0 Å². The molecule has 3 nitrogen and oxygen atoms in total. The lowest BCUT2D eigenvalue weighted by molar-refractivity contribution is 0.369. The molecular formula is C11H20N2O. The summed E-state index contributed by atoms with van der Waals surface area (Å²) in [7, 11) is 1.54. The van der Waals surface area contributed by atoms with E-state index in [2.05, 4.69) is 19.2 Å². The highest BCUT2D eigenvalue weighted by Gasteiger charge is 2.16. The van der Waals surface area contributed by atoms with Gasteiger partial charge in [0.2, 0.25) is 5.90 Å². The molecule has 1 rings (SSSR count). The molecule has 2 N–H and O–H groups in total. The molecule has 0 heterocycles. The summed E-state index contributed by atoms with van der Waals surface area (Å²) in [6.07, 6.45) is 5.77. The largest absolute Gasteiger partial charge is 0.481 e. The normalized spacial score (nSPS) is 17.9. The molecule has 80 valence electrons. The fourth-order valence-electron chi connectivity index (χ4n) is 1.39. The molecule has 0 amide bonds. The lowest BCUT2D eigenvalue weighted by atomic mass is 9.93. The van der Waals surface area contributed by atoms with Gasteiger partial charge in [0.1, 0.15) is 0 Å². The number of hydrogen-bond donors (Lipinski definition) is 2. The molecule has 1 saturated carbocycles. The van der Waals surface area contributed by atoms with Crippen molar-refractivity contribution in [1.29, 1.82) is 5.41 Å². The SMILES string of the molecule is COC(=N)/C(=C\NC1CCC1)C(C)C. The van der Waals surface area contributed by atoms with Crippen LogP contribution in [0.4, 0.5) is 0 Å². The molecule has 3 heteroatoms. The minimum absolute atomic E-state index is 0.270. The van der Waals surface area contributed by atoms with Crippen LogP contribution in [0.1, 0.15) is 33.1 Å². The zero-order chi connectivity index (χ0) is 10.6. The molecule has 0 aromatic carbocycles. The number of ether oxygens (including phenoxy) is 1. The third-order valence-electron chi connectivity index (χ3n) is 2.67. The summed E-state index contributed by atoms with van der Waals surface area (Å²) in [4.78, 5) is 0. The first-order chi connectivity index (χ1) is 6.65. The van der Waals surface area contributed by atoms with Crippen LogP contribution in [-0.2, 0) is 4.74 Å². The van der Waals surface area contributed by atoms with Crippen LogP contribution in [0.5, 0.6) is 0 Å². The Morgan fingerprint density at radius 3 is 2.50 bits per heavy atom. The van der Waals surface area contributed by atoms with Gasteiger partial charge in [-0.15, -0.1) is 0 Å². The highest BCUT2D eigenvalue weighted by atomic mass is 16.5. The van der Waals surface area contributed by atoms with E-state index in [0.717, 1.165) is 5.57 Å². The lowest BCUT2D eigenvalue weighted by Crippen LogP contribution is -2.32. The molecule has 0 atom stereocenters. The van der Waals surface area contributed by atoms with Crippen molar-refractivity contribution < 1.29 is 4.74 Å². The number of rotatable bonds is 4. The van der Waals surface area contributed by atoms with Crippen molar-refractivity contribution in [1.82, 2.24) is 5.32 Å². The van der Waals surface area contributed by atoms with Crippen LogP contribution in [0.3, 0.4) is 0 Å². The van der Waals surface area contributed by atoms with Gasteiger partial charge in [-0.05, 0) is 25.2 Å². The second-order valence-electron chi connectivity index (χ2n) is 4.08. The predicted molar refractivity (Wildman–Crippen MR) is 58.4 cm³/mol. The van der Waals surface area contributed by atoms with Crippen LogP contribution in [-0.4, -0.2) is 19.0 Å². The Morgan fingerprint density at radius 1 is 1.50 bits per heavy atom. The van der Waals surface area contributed by atoms with Gasteiger partial charge < -0.3 is 10.1 Å². The molecule has 1 fully saturated rings. The van der Waals surface area contributed by atoms with Crippen LogP contribution in [0.2, 0.25) is 0 Å². The van der Waals surface area contributed by atoms with E-state index in [1.807, 2.05) is 6.20 Å². The van der Waals surface area contributed by atoms with E-state index in [1.54, 1.807) is 7.11 Å². The minimum atomic E-state index is 0.270. The van der Waals surface area contributed by atoms with Gasteiger partial charge in [-0.3, -0.25) is 5.41 Å². The van der Waals surface area contributed by atoms with Gasteiger partial charge in [0.25, 0.3) is 0 Å². The van der Waals surface area contributed by atoms with Gasteiger partial charge >= 0.3 is 0 Å². The fourth-order valence-corrected chi connectivity index (χ4v) is 1.39. The van der Waals surface area contributed by atoms with Gasteiger partial charge in [0.15, 0.2) is 0 Å². The summed E-state index contributed by atoms with van der Waals surface area (Å²) in [5, 5.41) is 10.9. The van der Waals surface area contributed by atoms with Crippen molar-refractivity contribution in [3.63, 3.8) is 0 Å². The van der Waals surface area contributed by atoms with Crippen LogP contribution in [0.15, 0.2) is 11.8 Å². The van der Waals surface area contributed by atoms with Gasteiger partial charge in [0.05, 0.1) is 7.11 Å². The van der Waals surface area contributed by atoms with E-state index >= 15 is 0 Å². The minimum Gasteiger partial charge on any atom is -0.481 e. The summed E-state index contributed by atoms with van der Waals surface area (Å²) in [5.41, 5.74) is 0.944. The molecule has 0 aromatic heterocycles. The van der Waals surface area contributed by atoms with Gasteiger partial charge in [-0.25, -0.2) is 0 Å². The van der Waals surface area contributed by atoms with Crippen LogP contribution in [0, 0.1) is 11.3 Å². The standard InChI is InChI=1S/C11H20N2O/c1-8(2)10(11(12)14-3)7-13-9-5-4-6-9/h7-9,12-13H,4-6H2,1-3H3/b10-7-,12-11?. The van der Waals surface area contributed by atoms with E-state index in [1.165, 1.54) is 19.3 Å². The highest BCUT2D eigenvalue weighted by molar-refractivity contribution is 5.91. The Kier molecular flexibility index (Phi) is 3.98. The Balaban J connectivity index is 2.51. The number of methoxy groups -OCH3 is 1. The van der Waals surface area contributed by atoms with Crippen LogP contribution >= 0.6 is 0 Å². The van der Waals surface area contributed by atoms with E-state index in [0.29, 0.717) is 12.0 Å². The summed E-state index contributed by atoms with van der Waals surface area (Å²) in [6, 6.07) is 0.619. The predicted octanol–water partition coefficient (Wildman–Crippen LogP) is 2.29. The van der Waals surface area contributed by atoms with Gasteiger partial charge in [0, 0.05) is 17.8 Å². The molecule has 0 radical (unpaired) electrons. The lowest BCUT2D eigenvalue weighted by Gasteiger charge is -2.26. The van der Waals surface area contributed by atoms with Gasteiger partial charge in [-0.2, -0.15) is 0 Å². The maximum absolute atomic E-state index is 7.61. The Labute approximate surface area is 86.0 Å². The summed E-state index contributed by atoms with van der Waals surface area (Å²) in [6.45, 7) is 4.14. The number of hydrogen-bond acceptors (Lipinski definition) is 3. The zero-order valence-electron chi connectivity index (χ0n) is 9.26. The molecule has 0 aromatic rings. The number of nitrogens with one attached hydrogen (secondary N) is 2. The maximum Gasteiger partial charge on any atom is 0.210 e. The third kappa shape index (κ3) is 2.76. The van der Waals surface area contributed by atoms with Crippen molar-refractivity contribution in [2.24, 2.45) is 5.92 Å². The van der Waals surface area contributed by atoms with Crippen molar-refractivity contribution in [2.45, 2.75) is 39.2 Å². The molecule has 1 aliphatic rings. The summed E-state index contributed by atoms with van der Waals surface area (Å²) >= 11 is 0. The first-order valence-corrected chi connectivity index (χ1v) is 5.24. The van der Waals surface area contributed by atoms with E-state index < -0.39 is 0 Å². The smallest absolute Gasteiger partial charge is 0.210 e. The Hall–Kier alpha value is -0.990. The Morgan fingerprint density at radius 2 is 2.14 bits per heavy atom. The van der Waals surface area contributed by atoms with Crippen LogP contribution in [0.25, 0.3) is 0 Å². The molecule has 0 saturated heterocycles. The van der Waals surface area contributed by atoms with Crippen molar-refractivity contribution in [3.05, 3.63) is 11.8 Å². The third-order valence-corrected chi connectivity index (χ3v) is 2.67.